The van der Waals surface area contributed by atoms with Gasteiger partial charge in [0.1, 0.15) is 0 Å². The number of nitrogens with one attached hydrogen (secondary N) is 2. The highest BCUT2D eigenvalue weighted by Gasteiger charge is 2.29. The van der Waals surface area contributed by atoms with Gasteiger partial charge in [-0.15, -0.1) is 11.8 Å². The molecule has 6 nitrogen and oxygen atoms in total. The molecule has 3 rings (SSSR count). The third-order valence-corrected chi connectivity index (χ3v) is 5.73. The van der Waals surface area contributed by atoms with Crippen LogP contribution in [0.25, 0.3) is 0 Å². The molecule has 2 aliphatic heterocycles. The number of carbonyl (C=O) groups is 2. The summed E-state index contributed by atoms with van der Waals surface area (Å²) in [5.74, 6) is 1.92. The van der Waals surface area contributed by atoms with E-state index in [-0.39, 0.29) is 18.0 Å². The minimum Gasteiger partial charge on any atom is -0.339 e. The molecule has 1 aliphatic carbocycles. The van der Waals surface area contributed by atoms with Crippen LogP contribution >= 0.6 is 11.8 Å². The topological polar surface area (TPSA) is 64.7 Å². The second kappa shape index (κ2) is 7.55. The van der Waals surface area contributed by atoms with Crippen molar-refractivity contribution < 1.29 is 9.59 Å². The molecule has 1 unspecified atom stereocenters. The summed E-state index contributed by atoms with van der Waals surface area (Å²) >= 11 is 1.77. The predicted octanol–water partition coefficient (Wildman–Crippen LogP) is 0.835. The number of hydrogen-bond donors (Lipinski definition) is 2. The first-order valence-corrected chi connectivity index (χ1v) is 9.55. The molecule has 124 valence electrons. The van der Waals surface area contributed by atoms with Gasteiger partial charge in [-0.1, -0.05) is 12.8 Å². The molecule has 0 bridgehead atoms. The number of rotatable bonds is 2. The standard InChI is InChI=1S/C15H26N4O2S/c20-14(13-10-22-11-16-13)18-6-3-7-19(9-8-18)15(21)17-12-4-1-2-5-12/h12-13,16H,1-11H2,(H,17,21). The van der Waals surface area contributed by atoms with E-state index in [2.05, 4.69) is 10.6 Å². The second-order valence-electron chi connectivity index (χ2n) is 6.37. The Morgan fingerprint density at radius 3 is 2.45 bits per heavy atom. The van der Waals surface area contributed by atoms with Crippen molar-refractivity contribution in [3.63, 3.8) is 0 Å². The quantitative estimate of drug-likeness (QED) is 0.789. The molecule has 7 heteroatoms. The maximum Gasteiger partial charge on any atom is 0.317 e. The fourth-order valence-corrected chi connectivity index (χ4v) is 4.38. The van der Waals surface area contributed by atoms with Crippen LogP contribution in [0.3, 0.4) is 0 Å². The lowest BCUT2D eigenvalue weighted by atomic mass is 10.2. The zero-order valence-corrected chi connectivity index (χ0v) is 13.9. The van der Waals surface area contributed by atoms with Gasteiger partial charge in [-0.3, -0.25) is 10.1 Å². The lowest BCUT2D eigenvalue weighted by Crippen LogP contribution is -2.48. The van der Waals surface area contributed by atoms with E-state index < -0.39 is 0 Å². The molecule has 3 amide bonds. The van der Waals surface area contributed by atoms with Crippen LogP contribution in [0.2, 0.25) is 0 Å². The van der Waals surface area contributed by atoms with Gasteiger partial charge >= 0.3 is 6.03 Å². The van der Waals surface area contributed by atoms with Crippen LogP contribution in [-0.2, 0) is 4.79 Å². The first-order chi connectivity index (χ1) is 10.7. The van der Waals surface area contributed by atoms with Crippen molar-refractivity contribution in [3.8, 4) is 0 Å². The normalized spacial score (nSPS) is 27.0. The van der Waals surface area contributed by atoms with Crippen molar-refractivity contribution in [3.05, 3.63) is 0 Å². The third-order valence-electron chi connectivity index (χ3n) is 4.79. The Labute approximate surface area is 136 Å². The number of amides is 3. The van der Waals surface area contributed by atoms with E-state index >= 15 is 0 Å². The monoisotopic (exact) mass is 326 g/mol. The van der Waals surface area contributed by atoms with Gasteiger partial charge in [0, 0.05) is 43.9 Å². The predicted molar refractivity (Wildman–Crippen MR) is 87.8 cm³/mol. The molecule has 22 heavy (non-hydrogen) atoms. The van der Waals surface area contributed by atoms with Crippen molar-refractivity contribution in [2.24, 2.45) is 0 Å². The number of urea groups is 1. The Bertz CT molecular complexity index is 408. The molecular weight excluding hydrogens is 300 g/mol. The Balaban J connectivity index is 1.48. The number of nitrogens with zero attached hydrogens (tertiary/aromatic N) is 2. The first kappa shape index (κ1) is 15.9. The molecule has 2 heterocycles. The van der Waals surface area contributed by atoms with E-state index in [0.29, 0.717) is 19.1 Å². The highest BCUT2D eigenvalue weighted by molar-refractivity contribution is 7.99. The fourth-order valence-electron chi connectivity index (χ4n) is 3.45. The van der Waals surface area contributed by atoms with Crippen LogP contribution in [0, 0.1) is 0 Å². The largest absolute Gasteiger partial charge is 0.339 e. The van der Waals surface area contributed by atoms with Crippen molar-refractivity contribution >= 4 is 23.7 Å². The maximum atomic E-state index is 12.4. The fraction of sp³-hybridized carbons (Fsp3) is 0.867. The summed E-state index contributed by atoms with van der Waals surface area (Å²) in [5.41, 5.74) is 0. The summed E-state index contributed by atoms with van der Waals surface area (Å²) in [6.07, 6.45) is 5.52. The lowest BCUT2D eigenvalue weighted by Gasteiger charge is -2.25. The smallest absolute Gasteiger partial charge is 0.317 e. The molecule has 0 aromatic carbocycles. The molecule has 3 aliphatic rings. The minimum absolute atomic E-state index is 0.0381. The first-order valence-electron chi connectivity index (χ1n) is 8.39. The Kier molecular flexibility index (Phi) is 5.46. The molecule has 3 fully saturated rings. The Hall–Kier alpha value is -0.950. The van der Waals surface area contributed by atoms with E-state index in [1.807, 2.05) is 9.80 Å². The highest BCUT2D eigenvalue weighted by Crippen LogP contribution is 2.18. The molecule has 0 aromatic heterocycles. The van der Waals surface area contributed by atoms with Crippen LogP contribution in [0.5, 0.6) is 0 Å². The van der Waals surface area contributed by atoms with Gasteiger partial charge in [-0.05, 0) is 19.3 Å². The summed E-state index contributed by atoms with van der Waals surface area (Å²) in [6.45, 7) is 2.80. The summed E-state index contributed by atoms with van der Waals surface area (Å²) in [7, 11) is 0. The second-order valence-corrected chi connectivity index (χ2v) is 7.40. The zero-order chi connectivity index (χ0) is 15.4. The van der Waals surface area contributed by atoms with Gasteiger partial charge < -0.3 is 15.1 Å². The van der Waals surface area contributed by atoms with Crippen LogP contribution < -0.4 is 10.6 Å². The van der Waals surface area contributed by atoms with Crippen LogP contribution in [0.15, 0.2) is 0 Å². The van der Waals surface area contributed by atoms with Crippen molar-refractivity contribution in [2.75, 3.05) is 37.8 Å². The lowest BCUT2D eigenvalue weighted by molar-refractivity contribution is -0.132. The van der Waals surface area contributed by atoms with E-state index in [9.17, 15) is 9.59 Å². The molecule has 0 spiro atoms. The van der Waals surface area contributed by atoms with E-state index in [4.69, 9.17) is 0 Å². The number of carbonyl (C=O) groups excluding carboxylic acids is 2. The zero-order valence-electron chi connectivity index (χ0n) is 13.1. The van der Waals surface area contributed by atoms with E-state index in [0.717, 1.165) is 44.0 Å². The Morgan fingerprint density at radius 2 is 1.73 bits per heavy atom. The van der Waals surface area contributed by atoms with Gasteiger partial charge in [0.15, 0.2) is 0 Å². The minimum atomic E-state index is -0.0381. The number of hydrogen-bond acceptors (Lipinski definition) is 4. The highest BCUT2D eigenvalue weighted by atomic mass is 32.2. The molecule has 0 radical (unpaired) electrons. The van der Waals surface area contributed by atoms with E-state index in [1.165, 1.54) is 12.8 Å². The summed E-state index contributed by atoms with van der Waals surface area (Å²) in [4.78, 5) is 28.6. The summed E-state index contributed by atoms with van der Waals surface area (Å²) in [6, 6.07) is 0.368. The maximum absolute atomic E-state index is 12.4. The van der Waals surface area contributed by atoms with Crippen molar-refractivity contribution in [2.45, 2.75) is 44.2 Å². The van der Waals surface area contributed by atoms with Crippen molar-refractivity contribution in [1.82, 2.24) is 20.4 Å². The van der Waals surface area contributed by atoms with Gasteiger partial charge in [-0.25, -0.2) is 4.79 Å². The third kappa shape index (κ3) is 3.87. The van der Waals surface area contributed by atoms with Crippen LogP contribution in [0.1, 0.15) is 32.1 Å². The molecule has 1 atom stereocenters. The number of thioether (sulfide) groups is 1. The van der Waals surface area contributed by atoms with Crippen LogP contribution in [0.4, 0.5) is 4.79 Å². The summed E-state index contributed by atoms with van der Waals surface area (Å²) < 4.78 is 0. The molecule has 2 N–H and O–H groups in total. The van der Waals surface area contributed by atoms with Gasteiger partial charge in [0.2, 0.25) is 5.91 Å². The van der Waals surface area contributed by atoms with E-state index in [1.54, 1.807) is 11.8 Å². The average Bonchev–Trinajstić information content (AvgIpc) is 3.16. The average molecular weight is 326 g/mol. The van der Waals surface area contributed by atoms with Gasteiger partial charge in [-0.2, -0.15) is 0 Å². The van der Waals surface area contributed by atoms with Crippen molar-refractivity contribution in [1.29, 1.82) is 0 Å². The van der Waals surface area contributed by atoms with Crippen LogP contribution in [-0.4, -0.2) is 71.6 Å². The molecule has 0 aromatic rings. The summed E-state index contributed by atoms with van der Waals surface area (Å²) in [5, 5.41) is 6.38. The molecule has 1 saturated carbocycles. The van der Waals surface area contributed by atoms with Gasteiger partial charge in [0.25, 0.3) is 0 Å². The Morgan fingerprint density at radius 1 is 1.00 bits per heavy atom. The molecule has 2 saturated heterocycles. The SMILES string of the molecule is O=C(NC1CCCC1)N1CCCN(C(=O)C2CSCN2)CC1. The van der Waals surface area contributed by atoms with Gasteiger partial charge in [0.05, 0.1) is 6.04 Å². The molecular formula is C15H26N4O2S.